The van der Waals surface area contributed by atoms with Gasteiger partial charge >= 0.3 is 0 Å². The molecule has 0 aliphatic heterocycles. The molecule has 0 saturated carbocycles. The minimum atomic E-state index is 0.112. The lowest BCUT2D eigenvalue weighted by Crippen LogP contribution is -2.03. The number of hydrogen-bond donors (Lipinski definition) is 0. The van der Waals surface area contributed by atoms with Gasteiger partial charge in [-0.05, 0) is 47.0 Å². The van der Waals surface area contributed by atoms with Crippen LogP contribution in [0.5, 0.6) is 0 Å². The Labute approximate surface area is 124 Å². The molecular weight excluding hydrogens is 332 g/mol. The number of carbonyl (C=O) groups is 1. The van der Waals surface area contributed by atoms with Crippen molar-refractivity contribution in [2.45, 2.75) is 20.3 Å². The van der Waals surface area contributed by atoms with Crippen molar-refractivity contribution in [3.8, 4) is 0 Å². The summed E-state index contributed by atoms with van der Waals surface area (Å²) in [6.07, 6.45) is 0.427. The van der Waals surface area contributed by atoms with Crippen LogP contribution in [0.25, 0.3) is 0 Å². The van der Waals surface area contributed by atoms with Crippen LogP contribution in [0, 0.1) is 13.8 Å². The van der Waals surface area contributed by atoms with E-state index >= 15 is 0 Å². The number of ketones is 1. The second kappa shape index (κ2) is 5.55. The standard InChI is InChI=1S/C14H12BrClOS/c1-8-3-4-9(2)10(5-8)6-12(17)13-7-11(16)14(15)18-13/h3-5,7H,6H2,1-2H3. The highest BCUT2D eigenvalue weighted by atomic mass is 79.9. The normalized spacial score (nSPS) is 10.7. The summed E-state index contributed by atoms with van der Waals surface area (Å²) in [6, 6.07) is 7.90. The number of benzene rings is 1. The summed E-state index contributed by atoms with van der Waals surface area (Å²) in [5.74, 6) is 0.112. The molecule has 1 aromatic heterocycles. The van der Waals surface area contributed by atoms with E-state index in [4.69, 9.17) is 11.6 Å². The summed E-state index contributed by atoms with van der Waals surface area (Å²) in [6.45, 7) is 4.06. The average Bonchev–Trinajstić information content (AvgIpc) is 2.64. The third-order valence-electron chi connectivity index (χ3n) is 2.78. The zero-order valence-corrected chi connectivity index (χ0v) is 13.2. The number of thiophene rings is 1. The molecular formula is C14H12BrClOS. The fourth-order valence-electron chi connectivity index (χ4n) is 1.73. The predicted octanol–water partition coefficient (Wildman–Crippen LogP) is 5.21. The van der Waals surface area contributed by atoms with Crippen LogP contribution < -0.4 is 0 Å². The van der Waals surface area contributed by atoms with Crippen LogP contribution in [0.3, 0.4) is 0 Å². The number of hydrogen-bond acceptors (Lipinski definition) is 2. The Morgan fingerprint density at radius 2 is 2.06 bits per heavy atom. The number of aryl methyl sites for hydroxylation is 2. The SMILES string of the molecule is Cc1ccc(C)c(CC(=O)c2cc(Cl)c(Br)s2)c1. The Kier molecular flexibility index (Phi) is 4.25. The smallest absolute Gasteiger partial charge is 0.177 e. The maximum Gasteiger partial charge on any atom is 0.177 e. The molecule has 0 aliphatic rings. The van der Waals surface area contributed by atoms with E-state index in [0.717, 1.165) is 14.9 Å². The van der Waals surface area contributed by atoms with Gasteiger partial charge in [-0.25, -0.2) is 0 Å². The largest absolute Gasteiger partial charge is 0.293 e. The Bertz CT molecular complexity index is 584. The van der Waals surface area contributed by atoms with Gasteiger partial charge in [0.15, 0.2) is 5.78 Å². The molecule has 0 fully saturated rings. The molecule has 1 heterocycles. The maximum absolute atomic E-state index is 12.2. The van der Waals surface area contributed by atoms with Gasteiger partial charge in [0.2, 0.25) is 0 Å². The van der Waals surface area contributed by atoms with Crippen molar-refractivity contribution < 1.29 is 4.79 Å². The Morgan fingerprint density at radius 3 is 2.67 bits per heavy atom. The van der Waals surface area contributed by atoms with Crippen molar-refractivity contribution in [3.63, 3.8) is 0 Å². The van der Waals surface area contributed by atoms with E-state index in [-0.39, 0.29) is 5.78 Å². The Hall–Kier alpha value is -0.640. The summed E-state index contributed by atoms with van der Waals surface area (Å²) < 4.78 is 0.813. The second-order valence-electron chi connectivity index (χ2n) is 4.26. The summed E-state index contributed by atoms with van der Waals surface area (Å²) in [7, 11) is 0. The first-order chi connectivity index (χ1) is 8.47. The van der Waals surface area contributed by atoms with Crippen molar-refractivity contribution in [2.75, 3.05) is 0 Å². The van der Waals surface area contributed by atoms with Gasteiger partial charge < -0.3 is 0 Å². The summed E-state index contributed by atoms with van der Waals surface area (Å²) in [4.78, 5) is 12.9. The van der Waals surface area contributed by atoms with Gasteiger partial charge in [0.25, 0.3) is 0 Å². The monoisotopic (exact) mass is 342 g/mol. The minimum absolute atomic E-state index is 0.112. The number of rotatable bonds is 3. The molecule has 1 nitrogen and oxygen atoms in total. The first-order valence-corrected chi connectivity index (χ1v) is 7.50. The third kappa shape index (κ3) is 3.02. The quantitative estimate of drug-likeness (QED) is 0.699. The predicted molar refractivity (Wildman–Crippen MR) is 81.0 cm³/mol. The van der Waals surface area contributed by atoms with Crippen LogP contribution in [0.2, 0.25) is 5.02 Å². The van der Waals surface area contributed by atoms with Crippen molar-refractivity contribution in [1.82, 2.24) is 0 Å². The topological polar surface area (TPSA) is 17.1 Å². The highest BCUT2D eigenvalue weighted by Gasteiger charge is 2.13. The third-order valence-corrected chi connectivity index (χ3v) is 5.29. The Morgan fingerprint density at radius 1 is 1.33 bits per heavy atom. The van der Waals surface area contributed by atoms with Gasteiger partial charge in [0, 0.05) is 6.42 Å². The number of Topliss-reactive ketones (excluding diaryl/α,β-unsaturated/α-hetero) is 1. The van der Waals surface area contributed by atoms with Gasteiger partial charge in [0.05, 0.1) is 13.7 Å². The van der Waals surface area contributed by atoms with Crippen LogP contribution in [-0.4, -0.2) is 5.78 Å². The van der Waals surface area contributed by atoms with E-state index in [1.165, 1.54) is 16.9 Å². The molecule has 0 bridgehead atoms. The molecule has 18 heavy (non-hydrogen) atoms. The van der Waals surface area contributed by atoms with Crippen LogP contribution in [0.1, 0.15) is 26.4 Å². The van der Waals surface area contributed by atoms with E-state index in [9.17, 15) is 4.79 Å². The fraction of sp³-hybridized carbons (Fsp3) is 0.214. The summed E-state index contributed by atoms with van der Waals surface area (Å²) in [5.41, 5.74) is 3.41. The summed E-state index contributed by atoms with van der Waals surface area (Å²) in [5, 5.41) is 0.601. The molecule has 2 rings (SSSR count). The minimum Gasteiger partial charge on any atom is -0.293 e. The zero-order valence-electron chi connectivity index (χ0n) is 10.1. The van der Waals surface area contributed by atoms with Gasteiger partial charge in [-0.3, -0.25) is 4.79 Å². The average molecular weight is 344 g/mol. The highest BCUT2D eigenvalue weighted by molar-refractivity contribution is 9.11. The molecule has 94 valence electrons. The van der Waals surface area contributed by atoms with E-state index < -0.39 is 0 Å². The van der Waals surface area contributed by atoms with Gasteiger partial charge in [-0.2, -0.15) is 0 Å². The van der Waals surface area contributed by atoms with E-state index in [2.05, 4.69) is 34.1 Å². The van der Waals surface area contributed by atoms with Gasteiger partial charge in [-0.15, -0.1) is 11.3 Å². The number of carbonyl (C=O) groups excluding carboxylic acids is 1. The molecule has 0 aliphatic carbocycles. The lowest BCUT2D eigenvalue weighted by atomic mass is 10.0. The molecule has 4 heteroatoms. The molecule has 0 N–H and O–H groups in total. The van der Waals surface area contributed by atoms with E-state index in [0.29, 0.717) is 16.3 Å². The van der Waals surface area contributed by atoms with Crippen LogP contribution >= 0.6 is 38.9 Å². The van der Waals surface area contributed by atoms with Crippen molar-refractivity contribution >= 4 is 44.7 Å². The van der Waals surface area contributed by atoms with Crippen LogP contribution in [0.15, 0.2) is 28.1 Å². The lowest BCUT2D eigenvalue weighted by Gasteiger charge is -2.05. The number of halogens is 2. The van der Waals surface area contributed by atoms with E-state index in [1.54, 1.807) is 6.07 Å². The van der Waals surface area contributed by atoms with Gasteiger partial charge in [0.1, 0.15) is 0 Å². The highest BCUT2D eigenvalue weighted by Crippen LogP contribution is 2.32. The first kappa shape index (κ1) is 13.8. The molecule has 2 aromatic rings. The second-order valence-corrected chi connectivity index (χ2v) is 7.04. The van der Waals surface area contributed by atoms with Crippen LogP contribution in [0.4, 0.5) is 0 Å². The lowest BCUT2D eigenvalue weighted by molar-refractivity contribution is 0.0996. The van der Waals surface area contributed by atoms with Crippen molar-refractivity contribution in [3.05, 3.63) is 54.6 Å². The molecule has 0 radical (unpaired) electrons. The molecule has 0 atom stereocenters. The first-order valence-electron chi connectivity index (χ1n) is 5.51. The molecule has 0 saturated heterocycles. The zero-order chi connectivity index (χ0) is 13.3. The van der Waals surface area contributed by atoms with Crippen LogP contribution in [-0.2, 0) is 6.42 Å². The molecule has 0 spiro atoms. The molecule has 0 amide bonds. The Balaban J connectivity index is 2.23. The van der Waals surface area contributed by atoms with Gasteiger partial charge in [-0.1, -0.05) is 35.4 Å². The summed E-state index contributed by atoms with van der Waals surface area (Å²) >= 11 is 10.7. The molecule has 1 aromatic carbocycles. The van der Waals surface area contributed by atoms with Crippen molar-refractivity contribution in [1.29, 1.82) is 0 Å². The van der Waals surface area contributed by atoms with Crippen molar-refractivity contribution in [2.24, 2.45) is 0 Å². The molecule has 0 unspecified atom stereocenters. The van der Waals surface area contributed by atoms with E-state index in [1.807, 2.05) is 13.8 Å². The fourth-order valence-corrected chi connectivity index (χ4v) is 3.37. The maximum atomic E-state index is 12.2.